The Morgan fingerprint density at radius 1 is 1.55 bits per heavy atom. The van der Waals surface area contributed by atoms with Gasteiger partial charge in [-0.25, -0.2) is 0 Å². The van der Waals surface area contributed by atoms with Crippen molar-refractivity contribution >= 4 is 11.6 Å². The van der Waals surface area contributed by atoms with Gasteiger partial charge < -0.3 is 4.90 Å². The van der Waals surface area contributed by atoms with Crippen LogP contribution in [0.1, 0.15) is 19.8 Å². The van der Waals surface area contributed by atoms with Crippen molar-refractivity contribution in [2.24, 2.45) is 0 Å². The molecular formula is C9H12ClN. The monoisotopic (exact) mass is 169 g/mol. The zero-order valence-corrected chi connectivity index (χ0v) is 7.43. The fourth-order valence-electron chi connectivity index (χ4n) is 1.45. The van der Waals surface area contributed by atoms with Crippen molar-refractivity contribution in [2.75, 3.05) is 6.54 Å². The SMILES string of the molecule is CC1=CN(C2CC2)CC(Cl)=C1. The van der Waals surface area contributed by atoms with Gasteiger partial charge in [0, 0.05) is 17.3 Å². The Bertz CT molecular complexity index is 226. The van der Waals surface area contributed by atoms with E-state index in [1.54, 1.807) is 0 Å². The molecule has 2 aliphatic rings. The maximum Gasteiger partial charge on any atom is 0.0534 e. The maximum absolute atomic E-state index is 5.96. The van der Waals surface area contributed by atoms with Crippen LogP contribution in [-0.2, 0) is 0 Å². The number of nitrogens with zero attached hydrogens (tertiary/aromatic N) is 1. The highest BCUT2D eigenvalue weighted by atomic mass is 35.5. The van der Waals surface area contributed by atoms with Crippen LogP contribution in [0.15, 0.2) is 22.9 Å². The van der Waals surface area contributed by atoms with Gasteiger partial charge >= 0.3 is 0 Å². The second-order valence-electron chi connectivity index (χ2n) is 3.37. The summed E-state index contributed by atoms with van der Waals surface area (Å²) in [5.41, 5.74) is 1.27. The number of hydrogen-bond donors (Lipinski definition) is 0. The van der Waals surface area contributed by atoms with Gasteiger partial charge in [-0.2, -0.15) is 0 Å². The zero-order chi connectivity index (χ0) is 7.84. The lowest BCUT2D eigenvalue weighted by Crippen LogP contribution is -2.23. The molecule has 0 aromatic carbocycles. The minimum Gasteiger partial charge on any atom is -0.369 e. The van der Waals surface area contributed by atoms with Gasteiger partial charge in [0.25, 0.3) is 0 Å². The average molecular weight is 170 g/mol. The lowest BCUT2D eigenvalue weighted by Gasteiger charge is -2.23. The summed E-state index contributed by atoms with van der Waals surface area (Å²) in [5.74, 6) is 0. The Hall–Kier alpha value is -0.430. The first kappa shape index (κ1) is 7.23. The molecule has 1 fully saturated rings. The molecule has 0 aromatic heterocycles. The molecule has 11 heavy (non-hydrogen) atoms. The van der Waals surface area contributed by atoms with E-state index in [9.17, 15) is 0 Å². The summed E-state index contributed by atoms with van der Waals surface area (Å²) < 4.78 is 0. The first-order chi connectivity index (χ1) is 5.25. The highest BCUT2D eigenvalue weighted by Gasteiger charge is 2.28. The summed E-state index contributed by atoms with van der Waals surface area (Å²) in [6, 6.07) is 0.785. The van der Waals surface area contributed by atoms with E-state index in [0.29, 0.717) is 0 Å². The van der Waals surface area contributed by atoms with Crippen molar-refractivity contribution in [3.63, 3.8) is 0 Å². The van der Waals surface area contributed by atoms with Crippen molar-refractivity contribution in [1.29, 1.82) is 0 Å². The molecule has 0 saturated heterocycles. The normalized spacial score (nSPS) is 24.7. The smallest absolute Gasteiger partial charge is 0.0534 e. The highest BCUT2D eigenvalue weighted by molar-refractivity contribution is 6.30. The third-order valence-electron chi connectivity index (χ3n) is 2.10. The lowest BCUT2D eigenvalue weighted by atomic mass is 10.2. The molecular weight excluding hydrogens is 158 g/mol. The standard InChI is InChI=1S/C9H12ClN/c1-7-4-8(10)6-11(5-7)9-2-3-9/h4-5,9H,2-3,6H2,1H3. The fraction of sp³-hybridized carbons (Fsp3) is 0.556. The van der Waals surface area contributed by atoms with Gasteiger partial charge in [0.2, 0.25) is 0 Å². The predicted octanol–water partition coefficient (Wildman–Crippen LogP) is 2.49. The van der Waals surface area contributed by atoms with Crippen LogP contribution >= 0.6 is 11.6 Å². The van der Waals surface area contributed by atoms with E-state index in [1.165, 1.54) is 18.4 Å². The second kappa shape index (κ2) is 2.56. The predicted molar refractivity (Wildman–Crippen MR) is 47.4 cm³/mol. The van der Waals surface area contributed by atoms with Crippen LogP contribution in [-0.4, -0.2) is 17.5 Å². The van der Waals surface area contributed by atoms with E-state index in [0.717, 1.165) is 17.6 Å². The summed E-state index contributed by atoms with van der Waals surface area (Å²) in [6.07, 6.45) is 6.94. The molecule has 1 aliphatic carbocycles. The van der Waals surface area contributed by atoms with E-state index in [4.69, 9.17) is 11.6 Å². The molecule has 0 bridgehead atoms. The van der Waals surface area contributed by atoms with Crippen LogP contribution < -0.4 is 0 Å². The molecule has 0 N–H and O–H groups in total. The molecule has 0 spiro atoms. The van der Waals surface area contributed by atoms with Gasteiger partial charge in [-0.1, -0.05) is 11.6 Å². The molecule has 1 nitrogen and oxygen atoms in total. The Balaban J connectivity index is 2.10. The summed E-state index contributed by atoms with van der Waals surface area (Å²) in [5, 5.41) is 0.969. The summed E-state index contributed by atoms with van der Waals surface area (Å²) in [6.45, 7) is 3.01. The Labute approximate surface area is 72.3 Å². The minimum absolute atomic E-state index is 0.785. The summed E-state index contributed by atoms with van der Waals surface area (Å²) in [7, 11) is 0. The number of allylic oxidation sites excluding steroid dienone is 2. The van der Waals surface area contributed by atoms with Gasteiger partial charge in [0.05, 0.1) is 6.54 Å². The van der Waals surface area contributed by atoms with Crippen molar-refractivity contribution in [3.05, 3.63) is 22.9 Å². The molecule has 1 aliphatic heterocycles. The summed E-state index contributed by atoms with van der Waals surface area (Å²) in [4.78, 5) is 2.34. The topological polar surface area (TPSA) is 3.24 Å². The van der Waals surface area contributed by atoms with Gasteiger partial charge in [0.1, 0.15) is 0 Å². The lowest BCUT2D eigenvalue weighted by molar-refractivity contribution is 0.395. The largest absolute Gasteiger partial charge is 0.369 e. The molecule has 1 heterocycles. The van der Waals surface area contributed by atoms with E-state index in [2.05, 4.69) is 18.0 Å². The zero-order valence-electron chi connectivity index (χ0n) is 6.68. The van der Waals surface area contributed by atoms with Crippen LogP contribution in [0.25, 0.3) is 0 Å². The van der Waals surface area contributed by atoms with E-state index < -0.39 is 0 Å². The van der Waals surface area contributed by atoms with Crippen LogP contribution in [0, 0.1) is 0 Å². The number of hydrogen-bond acceptors (Lipinski definition) is 1. The summed E-state index contributed by atoms with van der Waals surface area (Å²) >= 11 is 5.96. The van der Waals surface area contributed by atoms with Crippen molar-refractivity contribution < 1.29 is 0 Å². The molecule has 0 unspecified atom stereocenters. The van der Waals surface area contributed by atoms with Crippen LogP contribution in [0.4, 0.5) is 0 Å². The molecule has 0 amide bonds. The molecule has 0 aromatic rings. The third kappa shape index (κ3) is 1.59. The van der Waals surface area contributed by atoms with Gasteiger partial charge in [-0.15, -0.1) is 0 Å². The van der Waals surface area contributed by atoms with Crippen molar-refractivity contribution in [3.8, 4) is 0 Å². The van der Waals surface area contributed by atoms with Crippen molar-refractivity contribution in [2.45, 2.75) is 25.8 Å². The quantitative estimate of drug-likeness (QED) is 0.583. The molecule has 2 rings (SSSR count). The van der Waals surface area contributed by atoms with Crippen LogP contribution in [0.3, 0.4) is 0 Å². The molecule has 0 radical (unpaired) electrons. The minimum atomic E-state index is 0.785. The molecule has 1 saturated carbocycles. The maximum atomic E-state index is 5.96. The average Bonchev–Trinajstić information content (AvgIpc) is 2.64. The number of halogens is 1. The third-order valence-corrected chi connectivity index (χ3v) is 2.33. The first-order valence-electron chi connectivity index (χ1n) is 4.06. The highest BCUT2D eigenvalue weighted by Crippen LogP contribution is 2.30. The molecule has 0 atom stereocenters. The van der Waals surface area contributed by atoms with E-state index >= 15 is 0 Å². The second-order valence-corrected chi connectivity index (χ2v) is 3.85. The molecule has 2 heteroatoms. The van der Waals surface area contributed by atoms with Crippen LogP contribution in [0.2, 0.25) is 0 Å². The fourth-order valence-corrected chi connectivity index (χ4v) is 1.76. The Morgan fingerprint density at radius 2 is 2.27 bits per heavy atom. The Morgan fingerprint density at radius 3 is 2.82 bits per heavy atom. The molecule has 60 valence electrons. The number of rotatable bonds is 1. The van der Waals surface area contributed by atoms with Crippen LogP contribution in [0.5, 0.6) is 0 Å². The van der Waals surface area contributed by atoms with E-state index in [-0.39, 0.29) is 0 Å². The van der Waals surface area contributed by atoms with E-state index in [1.807, 2.05) is 6.08 Å². The van der Waals surface area contributed by atoms with Gasteiger partial charge in [0.15, 0.2) is 0 Å². The first-order valence-corrected chi connectivity index (χ1v) is 4.44. The van der Waals surface area contributed by atoms with Gasteiger partial charge in [-0.05, 0) is 31.4 Å². The van der Waals surface area contributed by atoms with Crippen molar-refractivity contribution in [1.82, 2.24) is 4.90 Å². The Kier molecular flexibility index (Phi) is 1.68. The van der Waals surface area contributed by atoms with Gasteiger partial charge in [-0.3, -0.25) is 0 Å².